The molecule has 1 heterocycles. The van der Waals surface area contributed by atoms with Gasteiger partial charge in [0.1, 0.15) is 16.1 Å². The van der Waals surface area contributed by atoms with Crippen molar-refractivity contribution in [1.82, 2.24) is 15.4 Å². The number of rotatable bonds is 2. The van der Waals surface area contributed by atoms with E-state index < -0.39 is 0 Å². The van der Waals surface area contributed by atoms with Crippen LogP contribution in [0, 0.1) is 4.64 Å². The Kier molecular flexibility index (Phi) is 2.32. The van der Waals surface area contributed by atoms with Gasteiger partial charge >= 0.3 is 0 Å². The first-order valence-electron chi connectivity index (χ1n) is 4.09. The quantitative estimate of drug-likeness (QED) is 0.742. The van der Waals surface area contributed by atoms with E-state index in [4.69, 9.17) is 17.0 Å². The summed E-state index contributed by atoms with van der Waals surface area (Å²) in [7, 11) is 1.62. The first-order chi connectivity index (χ1) is 6.83. The molecule has 0 unspecified atom stereocenters. The van der Waals surface area contributed by atoms with Crippen LogP contribution in [0.1, 0.15) is 0 Å². The highest BCUT2D eigenvalue weighted by Crippen LogP contribution is 2.27. The van der Waals surface area contributed by atoms with E-state index in [-0.39, 0.29) is 0 Å². The lowest BCUT2D eigenvalue weighted by Crippen LogP contribution is -1.87. The fourth-order valence-corrected chi connectivity index (χ4v) is 1.47. The molecular formula is C9H9N3OS. The fourth-order valence-electron chi connectivity index (χ4n) is 1.27. The van der Waals surface area contributed by atoms with E-state index >= 15 is 0 Å². The Morgan fingerprint density at radius 2 is 2.14 bits per heavy atom. The molecule has 0 amide bonds. The molecule has 2 N–H and O–H groups in total. The lowest BCUT2D eigenvalue weighted by Gasteiger charge is -2.03. The minimum Gasteiger partial charge on any atom is -0.496 e. The van der Waals surface area contributed by atoms with Crippen LogP contribution in [0.15, 0.2) is 24.3 Å². The van der Waals surface area contributed by atoms with Crippen molar-refractivity contribution in [3.63, 3.8) is 0 Å². The van der Waals surface area contributed by atoms with Crippen LogP contribution in [0.5, 0.6) is 5.75 Å². The smallest absolute Gasteiger partial charge is 0.147 e. The SMILES string of the molecule is COc1ccccc1-c1n[nH][nH]c1=S. The second-order valence-corrected chi connectivity index (χ2v) is 3.13. The predicted octanol–water partition coefficient (Wildman–Crippen LogP) is 2.14. The van der Waals surface area contributed by atoms with E-state index in [1.165, 1.54) is 0 Å². The van der Waals surface area contributed by atoms with Gasteiger partial charge in [0.15, 0.2) is 0 Å². The van der Waals surface area contributed by atoms with E-state index in [0.29, 0.717) is 10.3 Å². The Bertz CT molecular complexity index is 489. The van der Waals surface area contributed by atoms with Gasteiger partial charge in [0, 0.05) is 5.56 Å². The highest BCUT2D eigenvalue weighted by Gasteiger charge is 2.08. The first kappa shape index (κ1) is 8.96. The summed E-state index contributed by atoms with van der Waals surface area (Å²) in [6.07, 6.45) is 0. The third-order valence-electron chi connectivity index (χ3n) is 1.91. The average Bonchev–Trinajstić information content (AvgIpc) is 2.64. The summed E-state index contributed by atoms with van der Waals surface area (Å²) in [6, 6.07) is 7.61. The van der Waals surface area contributed by atoms with E-state index in [0.717, 1.165) is 11.3 Å². The number of nitrogens with one attached hydrogen (secondary N) is 2. The van der Waals surface area contributed by atoms with Crippen LogP contribution in [0.2, 0.25) is 0 Å². The molecule has 0 saturated heterocycles. The van der Waals surface area contributed by atoms with E-state index in [2.05, 4.69) is 15.4 Å². The molecule has 0 spiro atoms. The van der Waals surface area contributed by atoms with Gasteiger partial charge in [-0.25, -0.2) is 5.21 Å². The van der Waals surface area contributed by atoms with Crippen molar-refractivity contribution in [2.24, 2.45) is 0 Å². The molecule has 0 aliphatic carbocycles. The summed E-state index contributed by atoms with van der Waals surface area (Å²) < 4.78 is 5.79. The monoisotopic (exact) mass is 207 g/mol. The Morgan fingerprint density at radius 1 is 1.36 bits per heavy atom. The van der Waals surface area contributed by atoms with Gasteiger partial charge in [-0.3, -0.25) is 5.10 Å². The minimum absolute atomic E-state index is 0.578. The summed E-state index contributed by atoms with van der Waals surface area (Å²) in [6.45, 7) is 0. The molecule has 0 fully saturated rings. The zero-order valence-electron chi connectivity index (χ0n) is 7.57. The third kappa shape index (κ3) is 1.42. The van der Waals surface area contributed by atoms with E-state index in [9.17, 15) is 0 Å². The number of aromatic nitrogens is 3. The first-order valence-corrected chi connectivity index (χ1v) is 4.50. The average molecular weight is 207 g/mol. The molecule has 1 aromatic heterocycles. The van der Waals surface area contributed by atoms with Crippen molar-refractivity contribution >= 4 is 12.2 Å². The molecule has 0 aliphatic rings. The summed E-state index contributed by atoms with van der Waals surface area (Å²) >= 11 is 5.07. The maximum Gasteiger partial charge on any atom is 0.147 e. The van der Waals surface area contributed by atoms with Crippen LogP contribution in [0.3, 0.4) is 0 Å². The molecular weight excluding hydrogens is 198 g/mol. The van der Waals surface area contributed by atoms with Crippen LogP contribution >= 0.6 is 12.2 Å². The van der Waals surface area contributed by atoms with Crippen molar-refractivity contribution in [1.29, 1.82) is 0 Å². The van der Waals surface area contributed by atoms with Crippen LogP contribution in [-0.4, -0.2) is 22.5 Å². The van der Waals surface area contributed by atoms with Gasteiger partial charge in [0.2, 0.25) is 0 Å². The van der Waals surface area contributed by atoms with Gasteiger partial charge < -0.3 is 4.74 Å². The van der Waals surface area contributed by atoms with Crippen molar-refractivity contribution < 1.29 is 4.74 Å². The number of nitrogens with zero attached hydrogens (tertiary/aromatic N) is 1. The van der Waals surface area contributed by atoms with Gasteiger partial charge in [-0.2, -0.15) is 5.10 Å². The summed E-state index contributed by atoms with van der Waals surface area (Å²) in [5, 5.41) is 9.38. The number of benzene rings is 1. The Hall–Kier alpha value is -1.62. The van der Waals surface area contributed by atoms with Gasteiger partial charge in [-0.15, -0.1) is 0 Å². The highest BCUT2D eigenvalue weighted by atomic mass is 32.1. The molecule has 1 aromatic carbocycles. The number of H-pyrrole nitrogens is 2. The number of ether oxygens (including phenoxy) is 1. The Labute approximate surface area is 85.9 Å². The summed E-state index contributed by atoms with van der Waals surface area (Å²) in [5.74, 6) is 0.763. The van der Waals surface area contributed by atoms with Crippen LogP contribution in [-0.2, 0) is 0 Å². The van der Waals surface area contributed by atoms with Crippen molar-refractivity contribution in [3.05, 3.63) is 28.9 Å². The van der Waals surface area contributed by atoms with Gasteiger partial charge in [0.25, 0.3) is 0 Å². The molecule has 0 aliphatic heterocycles. The normalized spacial score (nSPS) is 10.1. The summed E-state index contributed by atoms with van der Waals surface area (Å²) in [4.78, 5) is 0. The molecule has 72 valence electrons. The Morgan fingerprint density at radius 3 is 2.79 bits per heavy atom. The molecule has 0 bridgehead atoms. The van der Waals surface area contributed by atoms with Crippen LogP contribution < -0.4 is 4.74 Å². The fraction of sp³-hybridized carbons (Fsp3) is 0.111. The molecule has 4 nitrogen and oxygen atoms in total. The Balaban J connectivity index is 2.62. The minimum atomic E-state index is 0.578. The van der Waals surface area contributed by atoms with E-state index in [1.54, 1.807) is 7.11 Å². The zero-order chi connectivity index (χ0) is 9.97. The van der Waals surface area contributed by atoms with E-state index in [1.807, 2.05) is 24.3 Å². The second kappa shape index (κ2) is 3.63. The molecule has 2 rings (SSSR count). The zero-order valence-corrected chi connectivity index (χ0v) is 8.39. The maximum atomic E-state index is 5.21. The number of para-hydroxylation sites is 1. The topological polar surface area (TPSA) is 53.7 Å². The van der Waals surface area contributed by atoms with Gasteiger partial charge in [0.05, 0.1) is 7.11 Å². The van der Waals surface area contributed by atoms with Gasteiger partial charge in [-0.05, 0) is 12.1 Å². The van der Waals surface area contributed by atoms with Crippen molar-refractivity contribution in [2.45, 2.75) is 0 Å². The third-order valence-corrected chi connectivity index (χ3v) is 2.21. The molecule has 0 radical (unpaired) electrons. The molecule has 14 heavy (non-hydrogen) atoms. The standard InChI is InChI=1S/C9H9N3OS/c1-13-7-5-3-2-4-6(7)8-9(14)11-12-10-8/h2-5H,1H3,(H2,10,11,12,14). The number of hydrogen-bond donors (Lipinski definition) is 2. The molecule has 2 aromatic rings. The lowest BCUT2D eigenvalue weighted by molar-refractivity contribution is 0.416. The highest BCUT2D eigenvalue weighted by molar-refractivity contribution is 7.71. The predicted molar refractivity (Wildman–Crippen MR) is 55.8 cm³/mol. The number of methoxy groups -OCH3 is 1. The lowest BCUT2D eigenvalue weighted by atomic mass is 10.1. The second-order valence-electron chi connectivity index (χ2n) is 2.73. The summed E-state index contributed by atoms with van der Waals surface area (Å²) in [5.41, 5.74) is 1.59. The van der Waals surface area contributed by atoms with Crippen LogP contribution in [0.25, 0.3) is 11.3 Å². The molecule has 5 heteroatoms. The largest absolute Gasteiger partial charge is 0.496 e. The molecule has 0 saturated carbocycles. The van der Waals surface area contributed by atoms with Crippen molar-refractivity contribution in [3.8, 4) is 17.0 Å². The van der Waals surface area contributed by atoms with Crippen LogP contribution in [0.4, 0.5) is 0 Å². The van der Waals surface area contributed by atoms with Gasteiger partial charge in [-0.1, -0.05) is 24.4 Å². The number of hydrogen-bond acceptors (Lipinski definition) is 3. The van der Waals surface area contributed by atoms with Crippen molar-refractivity contribution in [2.75, 3.05) is 7.11 Å². The maximum absolute atomic E-state index is 5.21. The molecule has 0 atom stereocenters. The number of aromatic amines is 2.